The number of aryl methyl sites for hydroxylation is 1. The fourth-order valence-electron chi connectivity index (χ4n) is 1.92. The molecule has 0 bridgehead atoms. The lowest BCUT2D eigenvalue weighted by atomic mass is 10.1. The summed E-state index contributed by atoms with van der Waals surface area (Å²) in [6, 6.07) is 13.7. The van der Waals surface area contributed by atoms with Crippen LogP contribution in [0, 0.1) is 24.1 Å². The van der Waals surface area contributed by atoms with Crippen molar-refractivity contribution >= 4 is 40.6 Å². The molecular formula is C16H11FN2S2. The topological polar surface area (TPSA) is 27.0 Å². The van der Waals surface area contributed by atoms with E-state index in [-0.39, 0.29) is 5.56 Å². The Hall–Kier alpha value is -2.16. The van der Waals surface area contributed by atoms with Crippen LogP contribution in [0.3, 0.4) is 0 Å². The molecule has 0 heterocycles. The van der Waals surface area contributed by atoms with E-state index in [1.54, 1.807) is 11.0 Å². The molecule has 0 spiro atoms. The largest absolute Gasteiger partial charge is 0.297 e. The number of hydrogen-bond donors (Lipinski definition) is 0. The second kappa shape index (κ2) is 6.53. The van der Waals surface area contributed by atoms with E-state index in [1.807, 2.05) is 37.3 Å². The van der Waals surface area contributed by atoms with Crippen molar-refractivity contribution in [2.75, 3.05) is 4.90 Å². The molecule has 0 saturated carbocycles. The maximum atomic E-state index is 13.4. The summed E-state index contributed by atoms with van der Waals surface area (Å²) in [6.45, 7) is 1.95. The third kappa shape index (κ3) is 3.13. The van der Waals surface area contributed by atoms with Gasteiger partial charge in [-0.2, -0.15) is 5.26 Å². The highest BCUT2D eigenvalue weighted by Crippen LogP contribution is 2.21. The van der Waals surface area contributed by atoms with Gasteiger partial charge < -0.3 is 0 Å². The highest BCUT2D eigenvalue weighted by Gasteiger charge is 2.15. The molecule has 0 amide bonds. The summed E-state index contributed by atoms with van der Waals surface area (Å²) in [4.78, 5) is 2.10. The molecule has 0 aliphatic heterocycles. The van der Waals surface area contributed by atoms with Gasteiger partial charge in [0.25, 0.3) is 0 Å². The average Bonchev–Trinajstić information content (AvgIpc) is 2.49. The summed E-state index contributed by atoms with van der Waals surface area (Å²) in [5.74, 6) is -0.563. The van der Waals surface area contributed by atoms with Crippen LogP contribution in [0.1, 0.15) is 16.7 Å². The summed E-state index contributed by atoms with van der Waals surface area (Å²) in [5.41, 5.74) is 3.81. The Morgan fingerprint density at radius 2 is 2.00 bits per heavy atom. The first-order chi connectivity index (χ1) is 10.1. The quantitative estimate of drug-likeness (QED) is 0.796. The van der Waals surface area contributed by atoms with Crippen molar-refractivity contribution in [2.45, 2.75) is 6.92 Å². The first kappa shape index (κ1) is 15.2. The first-order valence-electron chi connectivity index (χ1n) is 6.12. The van der Waals surface area contributed by atoms with Gasteiger partial charge in [-0.3, -0.25) is 4.90 Å². The van der Waals surface area contributed by atoms with Crippen molar-refractivity contribution in [3.8, 4) is 6.07 Å². The molecule has 0 unspecified atom stereocenters. The van der Waals surface area contributed by atoms with Gasteiger partial charge in [-0.1, -0.05) is 48.7 Å². The molecule has 0 N–H and O–H groups in total. The van der Waals surface area contributed by atoms with Crippen LogP contribution in [0.5, 0.6) is 0 Å². The van der Waals surface area contributed by atoms with E-state index in [9.17, 15) is 4.39 Å². The molecule has 21 heavy (non-hydrogen) atoms. The molecule has 104 valence electrons. The normalized spacial score (nSPS) is 9.76. The van der Waals surface area contributed by atoms with E-state index < -0.39 is 5.82 Å². The molecule has 0 atom stereocenters. The molecule has 0 radical (unpaired) electrons. The van der Waals surface area contributed by atoms with E-state index in [0.717, 1.165) is 11.1 Å². The van der Waals surface area contributed by atoms with Gasteiger partial charge >= 0.3 is 0 Å². The Morgan fingerprint density at radius 1 is 1.29 bits per heavy atom. The minimum absolute atomic E-state index is 0.0399. The number of thiocarbonyl (C=S) groups is 2. The molecule has 0 aliphatic rings. The Labute approximate surface area is 133 Å². The molecule has 0 fully saturated rings. The van der Waals surface area contributed by atoms with E-state index in [4.69, 9.17) is 29.7 Å². The maximum Gasteiger partial charge on any atom is 0.141 e. The summed E-state index contributed by atoms with van der Waals surface area (Å²) in [6.07, 6.45) is 0. The van der Waals surface area contributed by atoms with Gasteiger partial charge in [0.15, 0.2) is 0 Å². The van der Waals surface area contributed by atoms with E-state index in [0.29, 0.717) is 10.7 Å². The summed E-state index contributed by atoms with van der Waals surface area (Å²) in [5, 5.41) is 8.92. The van der Waals surface area contributed by atoms with Crippen LogP contribution in [-0.4, -0.2) is 10.5 Å². The lowest BCUT2D eigenvalue weighted by molar-refractivity contribution is 0.624. The number of hydrogen-bond acceptors (Lipinski definition) is 3. The zero-order valence-electron chi connectivity index (χ0n) is 11.2. The van der Waals surface area contributed by atoms with E-state index >= 15 is 0 Å². The van der Waals surface area contributed by atoms with Gasteiger partial charge in [-0.05, 0) is 30.7 Å². The molecule has 0 aromatic heterocycles. The van der Waals surface area contributed by atoms with Crippen molar-refractivity contribution in [3.63, 3.8) is 0 Å². The van der Waals surface area contributed by atoms with Crippen LogP contribution in [-0.2, 0) is 0 Å². The van der Waals surface area contributed by atoms with Gasteiger partial charge in [0.2, 0.25) is 0 Å². The number of anilines is 1. The van der Waals surface area contributed by atoms with Crippen molar-refractivity contribution < 1.29 is 4.39 Å². The van der Waals surface area contributed by atoms with Crippen LogP contribution in [0.25, 0.3) is 0 Å². The Balaban J connectivity index is 2.46. The second-order valence-corrected chi connectivity index (χ2v) is 4.97. The van der Waals surface area contributed by atoms with Crippen LogP contribution < -0.4 is 4.90 Å². The van der Waals surface area contributed by atoms with Gasteiger partial charge in [0, 0.05) is 11.3 Å². The number of nitriles is 1. The third-order valence-electron chi connectivity index (χ3n) is 3.05. The Morgan fingerprint density at radius 3 is 2.62 bits per heavy atom. The molecule has 5 heteroatoms. The number of rotatable bonds is 3. The van der Waals surface area contributed by atoms with Crippen LogP contribution in [0.2, 0.25) is 0 Å². The number of halogens is 1. The summed E-state index contributed by atoms with van der Waals surface area (Å²) in [7, 11) is 0. The fraction of sp³-hybridized carbons (Fsp3) is 0.0625. The van der Waals surface area contributed by atoms with Crippen LogP contribution in [0.4, 0.5) is 10.1 Å². The van der Waals surface area contributed by atoms with E-state index in [1.165, 1.54) is 17.6 Å². The van der Waals surface area contributed by atoms with Crippen LogP contribution >= 0.6 is 24.4 Å². The van der Waals surface area contributed by atoms with Crippen molar-refractivity contribution in [1.82, 2.24) is 0 Å². The van der Waals surface area contributed by atoms with Crippen molar-refractivity contribution in [2.24, 2.45) is 0 Å². The third-order valence-corrected chi connectivity index (χ3v) is 3.68. The minimum atomic E-state index is -0.563. The highest BCUT2D eigenvalue weighted by molar-refractivity contribution is 7.82. The molecule has 2 aromatic rings. The first-order valence-corrected chi connectivity index (χ1v) is 7.00. The highest BCUT2D eigenvalue weighted by atomic mass is 32.1. The monoisotopic (exact) mass is 314 g/mol. The smallest absolute Gasteiger partial charge is 0.141 e. The summed E-state index contributed by atoms with van der Waals surface area (Å²) >= 11 is 10.5. The van der Waals surface area contributed by atoms with Crippen molar-refractivity contribution in [3.05, 3.63) is 65.0 Å². The second-order valence-electron chi connectivity index (χ2n) is 4.37. The maximum absolute atomic E-state index is 13.4. The molecule has 2 rings (SSSR count). The van der Waals surface area contributed by atoms with Gasteiger partial charge in [0.1, 0.15) is 16.9 Å². The standard InChI is InChI=1S/C16H11FN2S2/c1-11-4-2-3-5-14(11)16(21)19(10-20)13-6-7-15(17)12(8-13)9-18/h2-8,10H,1H3. The molecule has 2 aromatic carbocycles. The lowest BCUT2D eigenvalue weighted by Crippen LogP contribution is -2.28. The van der Waals surface area contributed by atoms with Gasteiger partial charge in [0.05, 0.1) is 11.1 Å². The summed E-state index contributed by atoms with van der Waals surface area (Å²) < 4.78 is 13.4. The Kier molecular flexibility index (Phi) is 4.73. The van der Waals surface area contributed by atoms with Gasteiger partial charge in [-0.25, -0.2) is 4.39 Å². The molecule has 2 nitrogen and oxygen atoms in total. The van der Waals surface area contributed by atoms with Crippen molar-refractivity contribution in [1.29, 1.82) is 5.26 Å². The molecular weight excluding hydrogens is 303 g/mol. The van der Waals surface area contributed by atoms with E-state index in [2.05, 4.69) is 0 Å². The van der Waals surface area contributed by atoms with Gasteiger partial charge in [-0.15, -0.1) is 0 Å². The fourth-order valence-corrected chi connectivity index (χ4v) is 2.60. The number of benzene rings is 2. The Bertz CT molecular complexity index is 750. The zero-order chi connectivity index (χ0) is 15.4. The predicted octanol–water partition coefficient (Wildman–Crippen LogP) is 4.15. The number of nitrogens with zero attached hydrogens (tertiary/aromatic N) is 2. The average molecular weight is 314 g/mol. The predicted molar refractivity (Wildman–Crippen MR) is 90.1 cm³/mol. The molecule has 0 saturated heterocycles. The van der Waals surface area contributed by atoms with Crippen LogP contribution in [0.15, 0.2) is 42.5 Å². The zero-order valence-corrected chi connectivity index (χ0v) is 12.8. The minimum Gasteiger partial charge on any atom is -0.297 e. The molecule has 0 aliphatic carbocycles. The SMILES string of the molecule is Cc1ccccc1C(=S)N(C=S)c1ccc(F)c(C#N)c1. The lowest BCUT2D eigenvalue weighted by Gasteiger charge is -2.21.